The molecule has 0 atom stereocenters. The monoisotopic (exact) mass is 224 g/mol. The van der Waals surface area contributed by atoms with Gasteiger partial charge in [0.15, 0.2) is 0 Å². The van der Waals surface area contributed by atoms with Crippen molar-refractivity contribution in [2.24, 2.45) is 0 Å². The van der Waals surface area contributed by atoms with Crippen LogP contribution in [0.3, 0.4) is 0 Å². The Morgan fingerprint density at radius 1 is 1.00 bits per heavy atom. The second-order valence-corrected chi connectivity index (χ2v) is 5.56. The Kier molecular flexibility index (Phi) is 5.11. The molecule has 0 heterocycles. The number of hydrogen-bond acceptors (Lipinski definition) is 2. The molecule has 0 bridgehead atoms. The molecule has 0 saturated heterocycles. The van der Waals surface area contributed by atoms with Crippen LogP contribution in [0.2, 0.25) is 0 Å². The minimum atomic E-state index is 0.892. The Labute approximate surface area is 101 Å². The highest BCUT2D eigenvalue weighted by atomic mass is 15.2. The van der Waals surface area contributed by atoms with Gasteiger partial charge in [-0.1, -0.05) is 13.3 Å². The van der Waals surface area contributed by atoms with Gasteiger partial charge in [0, 0.05) is 12.1 Å². The van der Waals surface area contributed by atoms with Crippen LogP contribution in [-0.4, -0.2) is 36.6 Å². The Morgan fingerprint density at radius 2 is 1.81 bits per heavy atom. The lowest BCUT2D eigenvalue weighted by Gasteiger charge is -2.20. The normalized spacial score (nSPS) is 20.6. The molecular weight excluding hydrogens is 196 g/mol. The summed E-state index contributed by atoms with van der Waals surface area (Å²) in [6, 6.07) is 1.85. The van der Waals surface area contributed by atoms with Crippen LogP contribution in [0.15, 0.2) is 0 Å². The molecule has 0 spiro atoms. The lowest BCUT2D eigenvalue weighted by atomic mass is 10.2. The number of nitrogens with zero attached hydrogens (tertiary/aromatic N) is 1. The van der Waals surface area contributed by atoms with Crippen LogP contribution in [0.4, 0.5) is 0 Å². The highest BCUT2D eigenvalue weighted by Crippen LogP contribution is 2.27. The summed E-state index contributed by atoms with van der Waals surface area (Å²) in [4.78, 5) is 2.72. The topological polar surface area (TPSA) is 15.3 Å². The van der Waals surface area contributed by atoms with Crippen LogP contribution in [0.25, 0.3) is 0 Å². The van der Waals surface area contributed by atoms with Crippen molar-refractivity contribution < 1.29 is 0 Å². The van der Waals surface area contributed by atoms with E-state index in [9.17, 15) is 0 Å². The summed E-state index contributed by atoms with van der Waals surface area (Å²) in [6.45, 7) is 6.23. The van der Waals surface area contributed by atoms with Gasteiger partial charge in [0.25, 0.3) is 0 Å². The molecule has 2 heteroatoms. The van der Waals surface area contributed by atoms with Crippen molar-refractivity contribution in [1.82, 2.24) is 10.2 Å². The van der Waals surface area contributed by atoms with Gasteiger partial charge in [-0.25, -0.2) is 0 Å². The minimum Gasteiger partial charge on any atom is -0.314 e. The Morgan fingerprint density at radius 3 is 2.44 bits per heavy atom. The summed E-state index contributed by atoms with van der Waals surface area (Å²) < 4.78 is 0. The summed E-state index contributed by atoms with van der Waals surface area (Å²) in [5.74, 6) is 0. The van der Waals surface area contributed by atoms with Crippen LogP contribution < -0.4 is 5.32 Å². The van der Waals surface area contributed by atoms with E-state index < -0.39 is 0 Å². The summed E-state index contributed by atoms with van der Waals surface area (Å²) in [6.07, 6.45) is 11.3. The SMILES string of the molecule is CCCN(CCCCCNC1CC1)C1CC1. The molecule has 0 unspecified atom stereocenters. The predicted molar refractivity (Wildman–Crippen MR) is 69.8 cm³/mol. The molecule has 0 amide bonds. The molecule has 2 aliphatic rings. The molecule has 94 valence electrons. The molecule has 2 fully saturated rings. The first-order valence-corrected chi connectivity index (χ1v) is 7.37. The average molecular weight is 224 g/mol. The van der Waals surface area contributed by atoms with Gasteiger partial charge in [-0.3, -0.25) is 0 Å². The van der Waals surface area contributed by atoms with E-state index in [0.717, 1.165) is 12.1 Å². The van der Waals surface area contributed by atoms with Gasteiger partial charge < -0.3 is 10.2 Å². The van der Waals surface area contributed by atoms with Crippen LogP contribution >= 0.6 is 0 Å². The molecule has 0 aromatic rings. The van der Waals surface area contributed by atoms with E-state index in [1.807, 2.05) is 0 Å². The van der Waals surface area contributed by atoms with Crippen LogP contribution in [0.5, 0.6) is 0 Å². The maximum Gasteiger partial charge on any atom is 0.00964 e. The van der Waals surface area contributed by atoms with E-state index in [4.69, 9.17) is 0 Å². The summed E-state index contributed by atoms with van der Waals surface area (Å²) in [5, 5.41) is 3.59. The lowest BCUT2D eigenvalue weighted by molar-refractivity contribution is 0.257. The molecular formula is C14H28N2. The fourth-order valence-corrected chi connectivity index (χ4v) is 2.41. The third-order valence-electron chi connectivity index (χ3n) is 3.71. The second-order valence-electron chi connectivity index (χ2n) is 5.56. The van der Waals surface area contributed by atoms with Gasteiger partial charge in [-0.15, -0.1) is 0 Å². The molecule has 2 aliphatic carbocycles. The van der Waals surface area contributed by atoms with Crippen LogP contribution in [0, 0.1) is 0 Å². The number of rotatable bonds is 10. The smallest absolute Gasteiger partial charge is 0.00964 e. The van der Waals surface area contributed by atoms with Gasteiger partial charge in [0.1, 0.15) is 0 Å². The van der Waals surface area contributed by atoms with Gasteiger partial charge in [-0.05, 0) is 64.6 Å². The largest absolute Gasteiger partial charge is 0.314 e. The average Bonchev–Trinajstić information content (AvgIpc) is 3.16. The first-order valence-electron chi connectivity index (χ1n) is 7.37. The van der Waals surface area contributed by atoms with E-state index in [0.29, 0.717) is 0 Å². The summed E-state index contributed by atoms with van der Waals surface area (Å²) >= 11 is 0. The fourth-order valence-electron chi connectivity index (χ4n) is 2.41. The summed E-state index contributed by atoms with van der Waals surface area (Å²) in [7, 11) is 0. The van der Waals surface area contributed by atoms with Crippen molar-refractivity contribution in [3.8, 4) is 0 Å². The standard InChI is InChI=1S/C14H28N2/c1-2-11-16(14-8-9-14)12-5-3-4-10-15-13-6-7-13/h13-15H,2-12H2,1H3. The van der Waals surface area contributed by atoms with Crippen molar-refractivity contribution in [2.45, 2.75) is 70.4 Å². The fraction of sp³-hybridized carbons (Fsp3) is 1.00. The maximum atomic E-state index is 3.59. The zero-order valence-corrected chi connectivity index (χ0v) is 10.9. The number of nitrogens with one attached hydrogen (secondary N) is 1. The predicted octanol–water partition coefficient (Wildman–Crippen LogP) is 2.78. The molecule has 0 radical (unpaired) electrons. The third-order valence-corrected chi connectivity index (χ3v) is 3.71. The third kappa shape index (κ3) is 4.84. The molecule has 1 N–H and O–H groups in total. The highest BCUT2D eigenvalue weighted by Gasteiger charge is 2.27. The van der Waals surface area contributed by atoms with Gasteiger partial charge in [-0.2, -0.15) is 0 Å². The van der Waals surface area contributed by atoms with E-state index in [-0.39, 0.29) is 0 Å². The summed E-state index contributed by atoms with van der Waals surface area (Å²) in [5.41, 5.74) is 0. The molecule has 16 heavy (non-hydrogen) atoms. The first kappa shape index (κ1) is 12.4. The Hall–Kier alpha value is -0.0800. The van der Waals surface area contributed by atoms with E-state index in [1.165, 1.54) is 71.0 Å². The molecule has 2 saturated carbocycles. The molecule has 2 rings (SSSR count). The van der Waals surface area contributed by atoms with Crippen molar-refractivity contribution in [2.75, 3.05) is 19.6 Å². The molecule has 0 aromatic carbocycles. The van der Waals surface area contributed by atoms with Crippen LogP contribution in [-0.2, 0) is 0 Å². The van der Waals surface area contributed by atoms with Gasteiger partial charge >= 0.3 is 0 Å². The quantitative estimate of drug-likeness (QED) is 0.574. The van der Waals surface area contributed by atoms with Gasteiger partial charge in [0.2, 0.25) is 0 Å². The molecule has 0 aliphatic heterocycles. The molecule has 0 aromatic heterocycles. The Bertz CT molecular complexity index is 185. The van der Waals surface area contributed by atoms with Crippen molar-refractivity contribution in [1.29, 1.82) is 0 Å². The van der Waals surface area contributed by atoms with E-state index >= 15 is 0 Å². The van der Waals surface area contributed by atoms with Crippen molar-refractivity contribution in [3.05, 3.63) is 0 Å². The molecule has 2 nitrogen and oxygen atoms in total. The lowest BCUT2D eigenvalue weighted by Crippen LogP contribution is -2.28. The van der Waals surface area contributed by atoms with Crippen molar-refractivity contribution in [3.63, 3.8) is 0 Å². The van der Waals surface area contributed by atoms with E-state index in [1.54, 1.807) is 0 Å². The number of unbranched alkanes of at least 4 members (excludes halogenated alkanes) is 2. The highest BCUT2D eigenvalue weighted by molar-refractivity contribution is 4.84. The van der Waals surface area contributed by atoms with E-state index in [2.05, 4.69) is 17.1 Å². The minimum absolute atomic E-state index is 0.892. The number of hydrogen-bond donors (Lipinski definition) is 1. The zero-order chi connectivity index (χ0) is 11.2. The first-order chi connectivity index (χ1) is 7.90. The second kappa shape index (κ2) is 6.61. The van der Waals surface area contributed by atoms with Crippen molar-refractivity contribution >= 4 is 0 Å². The Balaban J connectivity index is 1.42. The van der Waals surface area contributed by atoms with Gasteiger partial charge in [0.05, 0.1) is 0 Å². The van der Waals surface area contributed by atoms with Crippen LogP contribution in [0.1, 0.15) is 58.3 Å². The maximum absolute atomic E-state index is 3.59. The zero-order valence-electron chi connectivity index (χ0n) is 10.9.